The number of anilines is 2. The number of fused-ring (bicyclic) bond motifs is 3. The second-order valence-corrected chi connectivity index (χ2v) is 11.7. The van der Waals surface area contributed by atoms with Crippen LogP contribution < -0.4 is 10.2 Å². The number of nitrogens with zero attached hydrogens (tertiary/aromatic N) is 4. The largest absolute Gasteiger partial charge is 0.378 e. The van der Waals surface area contributed by atoms with Crippen LogP contribution in [0.1, 0.15) is 45.5 Å². The molecule has 0 saturated carbocycles. The maximum Gasteiger partial charge on any atom is 0.273 e. The van der Waals surface area contributed by atoms with Gasteiger partial charge in [-0.3, -0.25) is 4.79 Å². The number of halogens is 1. The number of thiazole rings is 1. The summed E-state index contributed by atoms with van der Waals surface area (Å²) >= 11 is 7.25. The lowest BCUT2D eigenvalue weighted by atomic mass is 9.98. The molecule has 10 heteroatoms. The molecule has 1 amide bonds. The normalized spacial score (nSPS) is 15.9. The van der Waals surface area contributed by atoms with Gasteiger partial charge in [0.25, 0.3) is 5.91 Å². The van der Waals surface area contributed by atoms with Crippen molar-refractivity contribution < 1.29 is 9.18 Å². The zero-order valence-corrected chi connectivity index (χ0v) is 23.7. The second kappa shape index (κ2) is 10.6. The van der Waals surface area contributed by atoms with Gasteiger partial charge in [0.15, 0.2) is 5.11 Å². The van der Waals surface area contributed by atoms with Gasteiger partial charge < -0.3 is 25.0 Å². The monoisotopic (exact) mass is 562 g/mol. The Morgan fingerprint density at radius 1 is 1.13 bits per heavy atom. The van der Waals surface area contributed by atoms with Crippen molar-refractivity contribution >= 4 is 56.9 Å². The molecule has 202 valence electrons. The molecule has 4 heterocycles. The van der Waals surface area contributed by atoms with Crippen LogP contribution >= 0.6 is 23.6 Å². The van der Waals surface area contributed by atoms with Crippen molar-refractivity contribution in [3.63, 3.8) is 0 Å². The van der Waals surface area contributed by atoms with Crippen LogP contribution in [0.2, 0.25) is 0 Å². The molecule has 0 spiro atoms. The number of amides is 1. The molecule has 4 aromatic rings. The zero-order valence-electron chi connectivity index (χ0n) is 22.0. The fraction of sp³-hybridized carbons (Fsp3) is 0.345. The van der Waals surface area contributed by atoms with Crippen molar-refractivity contribution in [3.05, 3.63) is 75.6 Å². The maximum atomic E-state index is 13.9. The molecular formula is C29H31FN6OS2. The Morgan fingerprint density at radius 2 is 1.90 bits per heavy atom. The second-order valence-electron chi connectivity index (χ2n) is 10.5. The molecule has 0 radical (unpaired) electrons. The number of likely N-dealkylation sites (tertiary alicyclic amines) is 1. The Bertz CT molecular complexity index is 1520. The van der Waals surface area contributed by atoms with E-state index in [2.05, 4.69) is 32.2 Å². The third-order valence-electron chi connectivity index (χ3n) is 7.73. The SMILES string of the molecule is CN(C)c1ccc(NC(=S)N2CCC(c3nc(C(=O)N4CCc5[nH]c6ccc(F)cc6c5C4)cs3)CC2)cc1. The van der Waals surface area contributed by atoms with E-state index in [9.17, 15) is 9.18 Å². The summed E-state index contributed by atoms with van der Waals surface area (Å²) in [5.74, 6) is -0.00493. The summed E-state index contributed by atoms with van der Waals surface area (Å²) in [6.07, 6.45) is 2.60. The van der Waals surface area contributed by atoms with Crippen LogP contribution in [-0.2, 0) is 13.0 Å². The smallest absolute Gasteiger partial charge is 0.273 e. The lowest BCUT2D eigenvalue weighted by molar-refractivity contribution is 0.0729. The minimum absolute atomic E-state index is 0.0583. The van der Waals surface area contributed by atoms with Gasteiger partial charge in [0.1, 0.15) is 11.5 Å². The molecule has 2 aromatic carbocycles. The van der Waals surface area contributed by atoms with Gasteiger partial charge >= 0.3 is 0 Å². The van der Waals surface area contributed by atoms with Crippen LogP contribution in [0.15, 0.2) is 47.8 Å². The molecule has 2 N–H and O–H groups in total. The molecule has 2 aliphatic heterocycles. The molecule has 1 saturated heterocycles. The van der Waals surface area contributed by atoms with Gasteiger partial charge in [0.2, 0.25) is 0 Å². The van der Waals surface area contributed by atoms with Gasteiger partial charge in [-0.05, 0) is 67.5 Å². The Hall–Kier alpha value is -3.50. The standard InChI is InChI=1S/C29H31FN6OS2/c1-34(2)21-6-4-20(5-7-21)31-29(38)35-12-9-18(10-13-35)27-33-26(17-39-27)28(37)36-14-11-25-23(16-36)22-15-19(30)3-8-24(22)32-25/h3-8,15,17-18,32H,9-14,16H2,1-2H3,(H,31,38). The Balaban J connectivity index is 1.05. The predicted molar refractivity (Wildman–Crippen MR) is 159 cm³/mol. The Labute approximate surface area is 236 Å². The van der Waals surface area contributed by atoms with Crippen molar-refractivity contribution in [2.75, 3.05) is 43.9 Å². The summed E-state index contributed by atoms with van der Waals surface area (Å²) in [4.78, 5) is 27.6. The summed E-state index contributed by atoms with van der Waals surface area (Å²) < 4.78 is 13.9. The van der Waals surface area contributed by atoms with Crippen molar-refractivity contribution in [2.24, 2.45) is 0 Å². The number of carbonyl (C=O) groups is 1. The topological polar surface area (TPSA) is 67.5 Å². The summed E-state index contributed by atoms with van der Waals surface area (Å²) in [5.41, 5.74) is 5.64. The van der Waals surface area contributed by atoms with Gasteiger partial charge in [-0.1, -0.05) is 0 Å². The van der Waals surface area contributed by atoms with Crippen molar-refractivity contribution in [3.8, 4) is 0 Å². The Morgan fingerprint density at radius 3 is 2.64 bits per heavy atom. The molecule has 7 nitrogen and oxygen atoms in total. The summed E-state index contributed by atoms with van der Waals surface area (Å²) in [5, 5.41) is 7.85. The number of aromatic nitrogens is 2. The van der Waals surface area contributed by atoms with E-state index < -0.39 is 0 Å². The van der Waals surface area contributed by atoms with E-state index >= 15 is 0 Å². The van der Waals surface area contributed by atoms with Gasteiger partial charge in [0, 0.05) is 91.5 Å². The average Bonchev–Trinajstić information content (AvgIpc) is 3.58. The number of aromatic amines is 1. The van der Waals surface area contributed by atoms with Crippen molar-refractivity contribution in [1.82, 2.24) is 19.8 Å². The number of rotatable bonds is 4. The van der Waals surface area contributed by atoms with E-state index in [1.54, 1.807) is 23.5 Å². The number of thiocarbonyl (C=S) groups is 1. The lowest BCUT2D eigenvalue weighted by Crippen LogP contribution is -2.40. The van der Waals surface area contributed by atoms with E-state index in [0.29, 0.717) is 24.7 Å². The zero-order chi connectivity index (χ0) is 27.1. The molecule has 39 heavy (non-hydrogen) atoms. The molecule has 0 atom stereocenters. The average molecular weight is 563 g/mol. The van der Waals surface area contributed by atoms with Crippen LogP contribution in [0.3, 0.4) is 0 Å². The fourth-order valence-electron chi connectivity index (χ4n) is 5.47. The predicted octanol–water partition coefficient (Wildman–Crippen LogP) is 5.60. The number of H-pyrrole nitrogens is 1. The molecule has 2 aromatic heterocycles. The van der Waals surface area contributed by atoms with Gasteiger partial charge in [0.05, 0.1) is 5.01 Å². The summed E-state index contributed by atoms with van der Waals surface area (Å²) in [7, 11) is 4.05. The quantitative estimate of drug-likeness (QED) is 0.316. The number of carbonyl (C=O) groups excluding carboxylic acids is 1. The number of piperidine rings is 1. The number of hydrogen-bond acceptors (Lipinski definition) is 5. The first-order valence-electron chi connectivity index (χ1n) is 13.2. The molecule has 0 bridgehead atoms. The number of nitrogens with one attached hydrogen (secondary N) is 2. The lowest BCUT2D eigenvalue weighted by Gasteiger charge is -2.33. The van der Waals surface area contributed by atoms with E-state index in [1.807, 2.05) is 36.5 Å². The fourth-order valence-corrected chi connectivity index (χ4v) is 6.74. The van der Waals surface area contributed by atoms with Gasteiger partial charge in [-0.25, -0.2) is 9.37 Å². The van der Waals surface area contributed by atoms with E-state index in [1.165, 1.54) is 6.07 Å². The first kappa shape index (κ1) is 25.8. The number of benzene rings is 2. The third-order valence-corrected chi connectivity index (χ3v) is 9.10. The maximum absolute atomic E-state index is 13.9. The molecular weight excluding hydrogens is 531 g/mol. The molecule has 1 fully saturated rings. The highest BCUT2D eigenvalue weighted by atomic mass is 32.1. The Kier molecular flexibility index (Phi) is 6.99. The van der Waals surface area contributed by atoms with E-state index in [-0.39, 0.29) is 11.7 Å². The molecule has 6 rings (SSSR count). The van der Waals surface area contributed by atoms with Crippen LogP contribution in [0.5, 0.6) is 0 Å². The van der Waals surface area contributed by atoms with Crippen LogP contribution in [0.25, 0.3) is 10.9 Å². The van der Waals surface area contributed by atoms with Crippen LogP contribution in [-0.4, -0.2) is 64.5 Å². The minimum Gasteiger partial charge on any atom is -0.378 e. The molecule has 2 aliphatic rings. The van der Waals surface area contributed by atoms with E-state index in [4.69, 9.17) is 17.2 Å². The molecule has 0 unspecified atom stereocenters. The first-order chi connectivity index (χ1) is 18.9. The first-order valence-corrected chi connectivity index (χ1v) is 14.5. The minimum atomic E-state index is -0.266. The number of hydrogen-bond donors (Lipinski definition) is 2. The summed E-state index contributed by atoms with van der Waals surface area (Å²) in [6, 6.07) is 13.0. The highest BCUT2D eigenvalue weighted by Gasteiger charge is 2.29. The van der Waals surface area contributed by atoms with Gasteiger partial charge in [-0.2, -0.15) is 0 Å². The van der Waals surface area contributed by atoms with Gasteiger partial charge in [-0.15, -0.1) is 11.3 Å². The third kappa shape index (κ3) is 5.23. The highest BCUT2D eigenvalue weighted by molar-refractivity contribution is 7.80. The van der Waals surface area contributed by atoms with Crippen molar-refractivity contribution in [2.45, 2.75) is 31.7 Å². The van der Waals surface area contributed by atoms with E-state index in [0.717, 1.165) is 76.0 Å². The van der Waals surface area contributed by atoms with Crippen LogP contribution in [0.4, 0.5) is 15.8 Å². The highest BCUT2D eigenvalue weighted by Crippen LogP contribution is 2.32. The summed E-state index contributed by atoms with van der Waals surface area (Å²) in [6.45, 7) is 2.78. The van der Waals surface area contributed by atoms with Crippen LogP contribution in [0, 0.1) is 5.82 Å². The van der Waals surface area contributed by atoms with Crippen molar-refractivity contribution in [1.29, 1.82) is 0 Å². The molecule has 0 aliphatic carbocycles.